The summed E-state index contributed by atoms with van der Waals surface area (Å²) in [6, 6.07) is 20.8. The highest BCUT2D eigenvalue weighted by molar-refractivity contribution is 7.98. The minimum Gasteiger partial charge on any atom is -0.394 e. The average Bonchev–Trinajstić information content (AvgIpc) is 3.42. The SMILES string of the molecule is N#Cc1ccc(Nc2nc(CSc3nc(N)c(C#N)c(-c4ccc(CCC(O)CO)cc4)c3C#N)cs2)cc1. The highest BCUT2D eigenvalue weighted by atomic mass is 32.2. The maximum Gasteiger partial charge on any atom is 0.187 e. The molecule has 0 aliphatic rings. The first kappa shape index (κ1) is 27.6. The Morgan fingerprint density at radius 1 is 0.974 bits per heavy atom. The zero-order valence-electron chi connectivity index (χ0n) is 20.6. The minimum absolute atomic E-state index is 0.0468. The van der Waals surface area contributed by atoms with Gasteiger partial charge < -0.3 is 21.3 Å². The number of nitrogens with one attached hydrogen (secondary N) is 1. The second-order valence-corrected chi connectivity index (χ2v) is 10.3. The van der Waals surface area contributed by atoms with E-state index >= 15 is 0 Å². The number of aromatic nitrogens is 2. The number of thioether (sulfide) groups is 1. The van der Waals surface area contributed by atoms with Crippen LogP contribution in [0.3, 0.4) is 0 Å². The van der Waals surface area contributed by atoms with E-state index < -0.39 is 6.10 Å². The van der Waals surface area contributed by atoms with Gasteiger partial charge in [-0.2, -0.15) is 15.8 Å². The molecule has 1 unspecified atom stereocenters. The highest BCUT2D eigenvalue weighted by Gasteiger charge is 2.21. The number of nitrogens with zero attached hydrogens (tertiary/aromatic N) is 5. The summed E-state index contributed by atoms with van der Waals surface area (Å²) >= 11 is 2.75. The molecule has 39 heavy (non-hydrogen) atoms. The molecule has 1 atom stereocenters. The second-order valence-electron chi connectivity index (χ2n) is 8.47. The van der Waals surface area contributed by atoms with Crippen LogP contribution in [0.1, 0.15) is 34.4 Å². The molecule has 4 aromatic rings. The number of aryl methyl sites for hydroxylation is 1. The van der Waals surface area contributed by atoms with E-state index in [0.29, 0.717) is 45.4 Å². The van der Waals surface area contributed by atoms with Gasteiger partial charge >= 0.3 is 0 Å². The fourth-order valence-electron chi connectivity index (χ4n) is 3.78. The lowest BCUT2D eigenvalue weighted by Crippen LogP contribution is -2.12. The maximum absolute atomic E-state index is 10.1. The topological polar surface area (TPSA) is 176 Å². The first-order valence-corrected chi connectivity index (χ1v) is 13.7. The third-order valence-corrected chi connectivity index (χ3v) is 7.62. The Morgan fingerprint density at radius 3 is 2.33 bits per heavy atom. The normalized spacial score (nSPS) is 11.3. The van der Waals surface area contributed by atoms with Crippen LogP contribution in [0, 0.1) is 34.0 Å². The van der Waals surface area contributed by atoms with Gasteiger partial charge in [0, 0.05) is 22.4 Å². The van der Waals surface area contributed by atoms with Crippen molar-refractivity contribution in [2.75, 3.05) is 17.7 Å². The summed E-state index contributed by atoms with van der Waals surface area (Å²) in [5, 5.41) is 53.6. The molecule has 0 saturated heterocycles. The third-order valence-electron chi connectivity index (χ3n) is 5.81. The molecule has 4 rings (SSSR count). The number of aliphatic hydroxyl groups is 2. The van der Waals surface area contributed by atoms with Crippen molar-refractivity contribution in [1.29, 1.82) is 15.8 Å². The molecule has 11 heteroatoms. The fraction of sp³-hybridized carbons (Fsp3) is 0.179. The standard InChI is InChI=1S/C28H23N7O2S2/c29-11-18-3-8-20(9-4-18)33-28-34-21(16-39-28)15-38-27-24(13-31)25(23(12-30)26(32)35-27)19-6-1-17(2-7-19)5-10-22(37)14-36/h1-4,6-9,16,22,36-37H,5,10,14-15H2,(H2,32,35)(H,33,34). The Bertz CT molecular complexity index is 1580. The van der Waals surface area contributed by atoms with Crippen LogP contribution in [0.15, 0.2) is 58.9 Å². The smallest absolute Gasteiger partial charge is 0.187 e. The number of nitrogen functional groups attached to an aromatic ring is 1. The van der Waals surface area contributed by atoms with Gasteiger partial charge in [-0.3, -0.25) is 0 Å². The molecule has 0 amide bonds. The molecule has 0 radical (unpaired) electrons. The number of benzene rings is 2. The summed E-state index contributed by atoms with van der Waals surface area (Å²) in [5.41, 5.74) is 10.8. The Kier molecular flexibility index (Phi) is 9.11. The number of nitrogens with two attached hydrogens (primary N) is 1. The van der Waals surface area contributed by atoms with Crippen molar-refractivity contribution in [2.45, 2.75) is 29.7 Å². The highest BCUT2D eigenvalue weighted by Crippen LogP contribution is 2.37. The summed E-state index contributed by atoms with van der Waals surface area (Å²) < 4.78 is 0. The van der Waals surface area contributed by atoms with Crippen LogP contribution in [0.25, 0.3) is 11.1 Å². The number of thiazole rings is 1. The van der Waals surface area contributed by atoms with Crippen LogP contribution >= 0.6 is 23.1 Å². The Labute approximate surface area is 233 Å². The molecular weight excluding hydrogens is 530 g/mol. The van der Waals surface area contributed by atoms with Gasteiger partial charge in [0.15, 0.2) is 5.13 Å². The summed E-state index contributed by atoms with van der Waals surface area (Å²) in [4.78, 5) is 8.96. The van der Waals surface area contributed by atoms with Gasteiger partial charge in [0.05, 0.1) is 35.6 Å². The molecule has 0 fully saturated rings. The third kappa shape index (κ3) is 6.71. The van der Waals surface area contributed by atoms with E-state index in [2.05, 4.69) is 33.5 Å². The molecule has 194 valence electrons. The average molecular weight is 554 g/mol. The number of hydrogen-bond acceptors (Lipinski definition) is 11. The van der Waals surface area contributed by atoms with Crippen LogP contribution in [0.2, 0.25) is 0 Å². The van der Waals surface area contributed by atoms with E-state index in [9.17, 15) is 15.6 Å². The lowest BCUT2D eigenvalue weighted by molar-refractivity contribution is 0.0886. The summed E-state index contributed by atoms with van der Waals surface area (Å²) in [7, 11) is 0. The van der Waals surface area contributed by atoms with Gasteiger partial charge in [-0.15, -0.1) is 11.3 Å². The zero-order chi connectivity index (χ0) is 27.8. The molecule has 0 bridgehead atoms. The van der Waals surface area contributed by atoms with Gasteiger partial charge in [0.2, 0.25) is 0 Å². The van der Waals surface area contributed by atoms with Crippen molar-refractivity contribution in [3.63, 3.8) is 0 Å². The molecule has 0 aliphatic carbocycles. The van der Waals surface area contributed by atoms with Gasteiger partial charge in [-0.05, 0) is 48.2 Å². The van der Waals surface area contributed by atoms with Crippen LogP contribution in [0.5, 0.6) is 0 Å². The van der Waals surface area contributed by atoms with Crippen molar-refractivity contribution in [3.8, 4) is 29.3 Å². The van der Waals surface area contributed by atoms with Crippen molar-refractivity contribution in [3.05, 3.63) is 81.9 Å². The van der Waals surface area contributed by atoms with Gasteiger partial charge in [0.25, 0.3) is 0 Å². The van der Waals surface area contributed by atoms with Crippen molar-refractivity contribution in [2.24, 2.45) is 0 Å². The van der Waals surface area contributed by atoms with E-state index in [-0.39, 0.29) is 23.6 Å². The fourth-order valence-corrected chi connectivity index (χ4v) is 5.50. The Balaban J connectivity index is 1.54. The van der Waals surface area contributed by atoms with Crippen LogP contribution < -0.4 is 11.1 Å². The zero-order valence-corrected chi connectivity index (χ0v) is 22.3. The molecule has 9 nitrogen and oxygen atoms in total. The lowest BCUT2D eigenvalue weighted by Gasteiger charge is -2.13. The molecule has 0 saturated carbocycles. The summed E-state index contributed by atoms with van der Waals surface area (Å²) in [6.45, 7) is -0.290. The van der Waals surface area contributed by atoms with E-state index in [1.807, 2.05) is 41.8 Å². The van der Waals surface area contributed by atoms with Crippen LogP contribution in [0.4, 0.5) is 16.6 Å². The van der Waals surface area contributed by atoms with E-state index in [0.717, 1.165) is 16.9 Å². The number of aliphatic hydroxyl groups excluding tert-OH is 2. The monoisotopic (exact) mass is 553 g/mol. The molecule has 2 aromatic carbocycles. The van der Waals surface area contributed by atoms with Gasteiger partial charge in [-0.1, -0.05) is 36.0 Å². The Morgan fingerprint density at radius 2 is 1.69 bits per heavy atom. The quantitative estimate of drug-likeness (QED) is 0.201. The number of pyridine rings is 1. The molecule has 0 spiro atoms. The largest absolute Gasteiger partial charge is 0.394 e. The summed E-state index contributed by atoms with van der Waals surface area (Å²) in [5.74, 6) is 0.482. The molecular formula is C28H23N7O2S2. The van der Waals surface area contributed by atoms with Crippen LogP contribution in [-0.4, -0.2) is 32.9 Å². The molecule has 2 aromatic heterocycles. The first-order chi connectivity index (χ1) is 18.9. The van der Waals surface area contributed by atoms with Crippen molar-refractivity contribution < 1.29 is 10.2 Å². The number of rotatable bonds is 10. The maximum atomic E-state index is 10.1. The molecule has 2 heterocycles. The Hall–Kier alpha value is -4.44. The number of nitriles is 3. The predicted molar refractivity (Wildman–Crippen MR) is 151 cm³/mol. The lowest BCUT2D eigenvalue weighted by atomic mass is 9.95. The first-order valence-electron chi connectivity index (χ1n) is 11.8. The van der Waals surface area contributed by atoms with Gasteiger partial charge in [0.1, 0.15) is 28.5 Å². The van der Waals surface area contributed by atoms with Crippen molar-refractivity contribution in [1.82, 2.24) is 9.97 Å². The van der Waals surface area contributed by atoms with Gasteiger partial charge in [-0.25, -0.2) is 9.97 Å². The minimum atomic E-state index is -0.778. The predicted octanol–water partition coefficient (Wildman–Crippen LogP) is 4.72. The number of anilines is 3. The summed E-state index contributed by atoms with van der Waals surface area (Å²) in [6.07, 6.45) is 0.223. The van der Waals surface area contributed by atoms with E-state index in [4.69, 9.17) is 16.1 Å². The molecule has 0 aliphatic heterocycles. The number of hydrogen-bond donors (Lipinski definition) is 4. The van der Waals surface area contributed by atoms with E-state index in [1.165, 1.54) is 23.1 Å². The van der Waals surface area contributed by atoms with Crippen LogP contribution in [-0.2, 0) is 12.2 Å². The molecule has 5 N–H and O–H groups in total. The second kappa shape index (κ2) is 12.9. The van der Waals surface area contributed by atoms with E-state index in [1.54, 1.807) is 12.1 Å². The van der Waals surface area contributed by atoms with Crippen molar-refractivity contribution >= 4 is 39.7 Å².